The summed E-state index contributed by atoms with van der Waals surface area (Å²) in [7, 11) is -3.75. The standard InChI is InChI=1S/C21H19ClN2O3S/c22-18-10-8-17(9-11-18)21(16-4-2-1-3-5-16)24-20(25)14-15-6-12-19(13-7-15)28(23,26)27/h1-13,21H,14H2,(H,24,25)(H2,23,26,27). The fraction of sp³-hybridized carbons (Fsp3) is 0.0952. The molecule has 0 radical (unpaired) electrons. The zero-order valence-electron chi connectivity index (χ0n) is 14.9. The Bertz CT molecular complexity index is 1050. The van der Waals surface area contributed by atoms with E-state index in [9.17, 15) is 13.2 Å². The number of nitrogens with two attached hydrogens (primary N) is 1. The van der Waals surface area contributed by atoms with Gasteiger partial charge in [-0.25, -0.2) is 13.6 Å². The molecular formula is C21H19ClN2O3S. The van der Waals surface area contributed by atoms with Crippen molar-refractivity contribution in [2.45, 2.75) is 17.4 Å². The summed E-state index contributed by atoms with van der Waals surface area (Å²) in [6.45, 7) is 0. The molecule has 7 heteroatoms. The quantitative estimate of drug-likeness (QED) is 0.647. The number of hydrogen-bond acceptors (Lipinski definition) is 3. The lowest BCUT2D eigenvalue weighted by Crippen LogP contribution is -2.30. The van der Waals surface area contributed by atoms with Crippen molar-refractivity contribution in [3.05, 3.63) is 101 Å². The molecule has 0 heterocycles. The minimum Gasteiger partial charge on any atom is -0.345 e. The molecule has 0 aliphatic heterocycles. The maximum absolute atomic E-state index is 12.6. The summed E-state index contributed by atoms with van der Waals surface area (Å²) in [6, 6.07) is 22.6. The molecule has 0 fully saturated rings. The normalized spacial score (nSPS) is 12.4. The molecule has 28 heavy (non-hydrogen) atoms. The maximum Gasteiger partial charge on any atom is 0.238 e. The lowest BCUT2D eigenvalue weighted by atomic mass is 9.98. The van der Waals surface area contributed by atoms with Gasteiger partial charge in [0.05, 0.1) is 17.4 Å². The highest BCUT2D eigenvalue weighted by Crippen LogP contribution is 2.23. The van der Waals surface area contributed by atoms with Crippen LogP contribution in [0.15, 0.2) is 83.8 Å². The van der Waals surface area contributed by atoms with Crippen LogP contribution in [0.3, 0.4) is 0 Å². The van der Waals surface area contributed by atoms with Crippen LogP contribution in [0.1, 0.15) is 22.7 Å². The molecule has 3 aromatic rings. The van der Waals surface area contributed by atoms with Crippen molar-refractivity contribution in [3.63, 3.8) is 0 Å². The molecule has 3 rings (SSSR count). The van der Waals surface area contributed by atoms with Gasteiger partial charge in [0, 0.05) is 5.02 Å². The second-order valence-corrected chi connectivity index (χ2v) is 8.33. The van der Waals surface area contributed by atoms with Crippen molar-refractivity contribution in [2.24, 2.45) is 5.14 Å². The zero-order valence-corrected chi connectivity index (χ0v) is 16.5. The van der Waals surface area contributed by atoms with E-state index in [0.717, 1.165) is 11.1 Å². The van der Waals surface area contributed by atoms with Gasteiger partial charge in [-0.05, 0) is 41.0 Å². The Balaban J connectivity index is 1.79. The van der Waals surface area contributed by atoms with Crippen LogP contribution in [-0.2, 0) is 21.2 Å². The number of carbonyl (C=O) groups is 1. The Morgan fingerprint density at radius 3 is 2.04 bits per heavy atom. The molecule has 1 atom stereocenters. The molecule has 1 amide bonds. The van der Waals surface area contributed by atoms with Crippen LogP contribution >= 0.6 is 11.6 Å². The first-order chi connectivity index (χ1) is 13.3. The molecule has 0 aromatic heterocycles. The number of sulfonamides is 1. The average molecular weight is 415 g/mol. The van der Waals surface area contributed by atoms with Gasteiger partial charge in [-0.2, -0.15) is 0 Å². The Morgan fingerprint density at radius 2 is 1.46 bits per heavy atom. The van der Waals surface area contributed by atoms with Gasteiger partial charge in [0.2, 0.25) is 15.9 Å². The number of primary sulfonamides is 1. The maximum atomic E-state index is 12.6. The molecule has 1 unspecified atom stereocenters. The van der Waals surface area contributed by atoms with Gasteiger partial charge >= 0.3 is 0 Å². The third-order valence-electron chi connectivity index (χ3n) is 4.26. The molecule has 3 N–H and O–H groups in total. The van der Waals surface area contributed by atoms with E-state index in [1.54, 1.807) is 24.3 Å². The summed E-state index contributed by atoms with van der Waals surface area (Å²) in [6.07, 6.45) is 0.113. The molecule has 0 saturated carbocycles. The van der Waals surface area contributed by atoms with Crippen LogP contribution < -0.4 is 10.5 Å². The van der Waals surface area contributed by atoms with Crippen molar-refractivity contribution < 1.29 is 13.2 Å². The largest absolute Gasteiger partial charge is 0.345 e. The van der Waals surface area contributed by atoms with Crippen molar-refractivity contribution in [1.29, 1.82) is 0 Å². The van der Waals surface area contributed by atoms with Crippen molar-refractivity contribution >= 4 is 27.5 Å². The van der Waals surface area contributed by atoms with E-state index in [1.807, 2.05) is 42.5 Å². The Kier molecular flexibility index (Phi) is 6.14. The van der Waals surface area contributed by atoms with Crippen LogP contribution in [-0.4, -0.2) is 14.3 Å². The van der Waals surface area contributed by atoms with Gasteiger partial charge in [-0.3, -0.25) is 4.79 Å². The van der Waals surface area contributed by atoms with Crippen molar-refractivity contribution in [2.75, 3.05) is 0 Å². The van der Waals surface area contributed by atoms with E-state index < -0.39 is 10.0 Å². The minimum absolute atomic E-state index is 0.0139. The Morgan fingerprint density at radius 1 is 0.893 bits per heavy atom. The first-order valence-corrected chi connectivity index (χ1v) is 10.5. The highest BCUT2D eigenvalue weighted by molar-refractivity contribution is 7.89. The summed E-state index contributed by atoms with van der Waals surface area (Å²) < 4.78 is 22.7. The molecular weight excluding hydrogens is 396 g/mol. The summed E-state index contributed by atoms with van der Waals surface area (Å²) >= 11 is 5.98. The van der Waals surface area contributed by atoms with Crippen LogP contribution in [0, 0.1) is 0 Å². The van der Waals surface area contributed by atoms with Crippen LogP contribution in [0.25, 0.3) is 0 Å². The smallest absolute Gasteiger partial charge is 0.238 e. The average Bonchev–Trinajstić information content (AvgIpc) is 2.67. The monoisotopic (exact) mass is 414 g/mol. The molecule has 0 aliphatic carbocycles. The van der Waals surface area contributed by atoms with Crippen molar-refractivity contribution in [3.8, 4) is 0 Å². The molecule has 3 aromatic carbocycles. The van der Waals surface area contributed by atoms with Gasteiger partial charge < -0.3 is 5.32 Å². The predicted octanol–water partition coefficient (Wildman–Crippen LogP) is 3.44. The Labute approximate surface area is 169 Å². The summed E-state index contributed by atoms with van der Waals surface area (Å²) in [5.74, 6) is -0.188. The first-order valence-electron chi connectivity index (χ1n) is 8.54. The number of benzene rings is 3. The van der Waals surface area contributed by atoms with E-state index in [4.69, 9.17) is 16.7 Å². The highest BCUT2D eigenvalue weighted by atomic mass is 35.5. The van der Waals surface area contributed by atoms with Crippen LogP contribution in [0.5, 0.6) is 0 Å². The van der Waals surface area contributed by atoms with Crippen LogP contribution in [0.4, 0.5) is 0 Å². The number of halogens is 1. The SMILES string of the molecule is NS(=O)(=O)c1ccc(CC(=O)NC(c2ccccc2)c2ccc(Cl)cc2)cc1. The molecule has 144 valence electrons. The fourth-order valence-corrected chi connectivity index (χ4v) is 3.50. The molecule has 0 saturated heterocycles. The highest BCUT2D eigenvalue weighted by Gasteiger charge is 2.17. The van der Waals surface area contributed by atoms with Gasteiger partial charge in [-0.1, -0.05) is 66.2 Å². The third-order valence-corrected chi connectivity index (χ3v) is 5.44. The fourth-order valence-electron chi connectivity index (χ4n) is 2.85. The molecule has 0 aliphatic rings. The van der Waals surface area contributed by atoms with Gasteiger partial charge in [-0.15, -0.1) is 0 Å². The van der Waals surface area contributed by atoms with E-state index in [-0.39, 0.29) is 23.3 Å². The number of carbonyl (C=O) groups excluding carboxylic acids is 1. The number of rotatable bonds is 6. The second-order valence-electron chi connectivity index (χ2n) is 6.33. The second kappa shape index (κ2) is 8.56. The number of hydrogen-bond donors (Lipinski definition) is 2. The lowest BCUT2D eigenvalue weighted by molar-refractivity contribution is -0.120. The van der Waals surface area contributed by atoms with E-state index in [2.05, 4.69) is 5.32 Å². The van der Waals surface area contributed by atoms with Gasteiger partial charge in [0.25, 0.3) is 0 Å². The summed E-state index contributed by atoms with van der Waals surface area (Å²) in [5, 5.41) is 8.76. The lowest BCUT2D eigenvalue weighted by Gasteiger charge is -2.20. The summed E-state index contributed by atoms with van der Waals surface area (Å²) in [5.41, 5.74) is 2.55. The number of nitrogens with one attached hydrogen (secondary N) is 1. The molecule has 0 bridgehead atoms. The van der Waals surface area contributed by atoms with Gasteiger partial charge in [0.1, 0.15) is 0 Å². The topological polar surface area (TPSA) is 89.3 Å². The first kappa shape index (κ1) is 20.1. The van der Waals surface area contributed by atoms with E-state index in [1.165, 1.54) is 12.1 Å². The Hall–Kier alpha value is -2.67. The minimum atomic E-state index is -3.75. The zero-order chi connectivity index (χ0) is 20.1. The van der Waals surface area contributed by atoms with Crippen molar-refractivity contribution in [1.82, 2.24) is 5.32 Å². The third kappa shape index (κ3) is 5.19. The molecule has 5 nitrogen and oxygen atoms in total. The van der Waals surface area contributed by atoms with E-state index in [0.29, 0.717) is 10.6 Å². The van der Waals surface area contributed by atoms with E-state index >= 15 is 0 Å². The van der Waals surface area contributed by atoms with Crippen LogP contribution in [0.2, 0.25) is 5.02 Å². The summed E-state index contributed by atoms with van der Waals surface area (Å²) in [4.78, 5) is 12.7. The molecule has 0 spiro atoms. The van der Waals surface area contributed by atoms with Gasteiger partial charge in [0.15, 0.2) is 0 Å². The predicted molar refractivity (Wildman–Crippen MR) is 109 cm³/mol. The number of amides is 1.